The van der Waals surface area contributed by atoms with Crippen molar-refractivity contribution in [2.45, 2.75) is 32.2 Å². The maximum absolute atomic E-state index is 15.0. The van der Waals surface area contributed by atoms with Crippen LogP contribution in [-0.4, -0.2) is 67.3 Å². The summed E-state index contributed by atoms with van der Waals surface area (Å²) in [5.41, 5.74) is 1.31. The first-order valence-electron chi connectivity index (χ1n) is 11.8. The predicted molar refractivity (Wildman–Crippen MR) is 131 cm³/mol. The van der Waals surface area contributed by atoms with Crippen LogP contribution in [0.4, 0.5) is 20.3 Å². The van der Waals surface area contributed by atoms with Crippen molar-refractivity contribution in [3.63, 3.8) is 0 Å². The normalized spacial score (nSPS) is 19.5. The molecular formula is C24H27F2N5O4S. The fraction of sp³-hybridized carbons (Fsp3) is 0.458. The highest BCUT2D eigenvalue weighted by molar-refractivity contribution is 7.91. The molecule has 36 heavy (non-hydrogen) atoms. The Kier molecular flexibility index (Phi) is 6.64. The Labute approximate surface area is 207 Å². The number of ether oxygens (including phenoxy) is 2. The van der Waals surface area contributed by atoms with Crippen LogP contribution >= 0.6 is 0 Å². The average Bonchev–Trinajstić information content (AvgIpc) is 2.81. The van der Waals surface area contributed by atoms with E-state index in [1.807, 2.05) is 11.0 Å². The molecule has 0 amide bonds. The Balaban J connectivity index is 1.51. The third-order valence-electron chi connectivity index (χ3n) is 6.45. The van der Waals surface area contributed by atoms with Crippen LogP contribution in [-0.2, 0) is 14.6 Å². The molecule has 1 unspecified atom stereocenters. The van der Waals surface area contributed by atoms with Crippen LogP contribution in [0.25, 0.3) is 11.0 Å². The summed E-state index contributed by atoms with van der Waals surface area (Å²) in [6.07, 6.45) is -0.226. The molecule has 3 aromatic rings. The number of pyridine rings is 1. The van der Waals surface area contributed by atoms with Gasteiger partial charge in [0, 0.05) is 24.2 Å². The number of benzene rings is 1. The number of nitrogens with one attached hydrogen (secondary N) is 1. The van der Waals surface area contributed by atoms with Gasteiger partial charge < -0.3 is 19.7 Å². The third kappa shape index (κ3) is 4.92. The minimum Gasteiger partial charge on any atom is -0.468 e. The molecule has 0 aliphatic carbocycles. The van der Waals surface area contributed by atoms with Crippen LogP contribution in [0, 0.1) is 5.82 Å². The van der Waals surface area contributed by atoms with Gasteiger partial charge in [0.25, 0.3) is 0 Å². The van der Waals surface area contributed by atoms with Crippen molar-refractivity contribution >= 4 is 32.4 Å². The molecule has 2 saturated heterocycles. The van der Waals surface area contributed by atoms with Crippen LogP contribution < -0.4 is 15.0 Å². The molecule has 1 aromatic carbocycles. The largest absolute Gasteiger partial charge is 0.468 e. The van der Waals surface area contributed by atoms with Gasteiger partial charge in [-0.05, 0) is 19.9 Å². The molecule has 0 saturated carbocycles. The maximum Gasteiger partial charge on any atom is 0.240 e. The minimum absolute atomic E-state index is 0.000496. The molecule has 12 heteroatoms. The van der Waals surface area contributed by atoms with E-state index in [0.29, 0.717) is 60.3 Å². The van der Waals surface area contributed by atoms with Crippen molar-refractivity contribution in [1.82, 2.24) is 15.0 Å². The summed E-state index contributed by atoms with van der Waals surface area (Å²) in [6, 6.07) is 5.94. The molecule has 2 atom stereocenters. The number of rotatable bonds is 7. The second-order valence-electron chi connectivity index (χ2n) is 9.05. The first-order valence-corrected chi connectivity index (χ1v) is 13.6. The summed E-state index contributed by atoms with van der Waals surface area (Å²) in [4.78, 5) is 15.2. The van der Waals surface area contributed by atoms with Crippen molar-refractivity contribution in [2.75, 3.05) is 48.0 Å². The van der Waals surface area contributed by atoms with E-state index in [4.69, 9.17) is 9.47 Å². The Bertz CT molecular complexity index is 1370. The maximum atomic E-state index is 15.0. The lowest BCUT2D eigenvalue weighted by atomic mass is 10.0. The molecule has 0 bridgehead atoms. The number of halogens is 2. The van der Waals surface area contributed by atoms with Gasteiger partial charge in [-0.1, -0.05) is 18.2 Å². The van der Waals surface area contributed by atoms with Crippen LogP contribution in [0.3, 0.4) is 0 Å². The van der Waals surface area contributed by atoms with Crippen molar-refractivity contribution < 1.29 is 26.7 Å². The Hall–Kier alpha value is -3.12. The van der Waals surface area contributed by atoms with E-state index < -0.39 is 27.9 Å². The number of nitrogens with zero attached hydrogens (tertiary/aromatic N) is 4. The van der Waals surface area contributed by atoms with Gasteiger partial charge in [0.2, 0.25) is 5.88 Å². The zero-order valence-corrected chi connectivity index (χ0v) is 20.8. The SMILES string of the molecule is CC(F)c1cccc([C@@H](C)Nc2ncnc3nc(OC4COC4)c(N4CCS(=O)(=O)CC4)cc23)c1F. The Morgan fingerprint density at radius 3 is 2.56 bits per heavy atom. The summed E-state index contributed by atoms with van der Waals surface area (Å²) in [5.74, 6) is 0.240. The number of aromatic nitrogens is 3. The Morgan fingerprint density at radius 2 is 1.89 bits per heavy atom. The van der Waals surface area contributed by atoms with Gasteiger partial charge in [-0.15, -0.1) is 0 Å². The number of hydrogen-bond donors (Lipinski definition) is 1. The van der Waals surface area contributed by atoms with Gasteiger partial charge in [-0.3, -0.25) is 0 Å². The molecule has 2 aliphatic rings. The van der Waals surface area contributed by atoms with E-state index in [-0.39, 0.29) is 23.2 Å². The lowest BCUT2D eigenvalue weighted by molar-refractivity contribution is -0.0810. The van der Waals surface area contributed by atoms with Gasteiger partial charge in [0.1, 0.15) is 35.9 Å². The molecule has 9 nitrogen and oxygen atoms in total. The molecule has 5 rings (SSSR count). The van der Waals surface area contributed by atoms with Gasteiger partial charge in [0.15, 0.2) is 15.5 Å². The van der Waals surface area contributed by atoms with Crippen molar-refractivity contribution in [2.24, 2.45) is 0 Å². The summed E-state index contributed by atoms with van der Waals surface area (Å²) in [7, 11) is -3.09. The second kappa shape index (κ2) is 9.74. The first kappa shape index (κ1) is 24.6. The van der Waals surface area contributed by atoms with Gasteiger partial charge in [0.05, 0.1) is 36.1 Å². The third-order valence-corrected chi connectivity index (χ3v) is 8.06. The van der Waals surface area contributed by atoms with E-state index in [9.17, 15) is 17.2 Å². The molecule has 192 valence electrons. The molecule has 2 aromatic heterocycles. The van der Waals surface area contributed by atoms with Crippen molar-refractivity contribution in [3.8, 4) is 5.88 Å². The number of alkyl halides is 1. The van der Waals surface area contributed by atoms with Crippen LogP contribution in [0.5, 0.6) is 5.88 Å². The topological polar surface area (TPSA) is 107 Å². The van der Waals surface area contributed by atoms with E-state index in [1.54, 1.807) is 19.1 Å². The lowest BCUT2D eigenvalue weighted by Crippen LogP contribution is -2.42. The molecule has 1 N–H and O–H groups in total. The number of fused-ring (bicyclic) bond motifs is 1. The summed E-state index contributed by atoms with van der Waals surface area (Å²) in [6.45, 7) is 4.57. The zero-order chi connectivity index (χ0) is 25.4. The number of sulfone groups is 1. The zero-order valence-electron chi connectivity index (χ0n) is 19.9. The molecule has 0 radical (unpaired) electrons. The summed E-state index contributed by atoms with van der Waals surface area (Å²) >= 11 is 0. The van der Waals surface area contributed by atoms with Crippen LogP contribution in [0.15, 0.2) is 30.6 Å². The second-order valence-corrected chi connectivity index (χ2v) is 11.4. The summed E-state index contributed by atoms with van der Waals surface area (Å²) < 4.78 is 64.0. The van der Waals surface area contributed by atoms with E-state index in [1.165, 1.54) is 19.3 Å². The van der Waals surface area contributed by atoms with Crippen molar-refractivity contribution in [3.05, 3.63) is 47.5 Å². The Morgan fingerprint density at radius 1 is 1.17 bits per heavy atom. The number of hydrogen-bond acceptors (Lipinski definition) is 9. The van der Waals surface area contributed by atoms with Gasteiger partial charge in [-0.2, -0.15) is 4.98 Å². The summed E-state index contributed by atoms with van der Waals surface area (Å²) in [5, 5.41) is 3.78. The highest BCUT2D eigenvalue weighted by atomic mass is 32.2. The van der Waals surface area contributed by atoms with E-state index in [2.05, 4.69) is 20.3 Å². The van der Waals surface area contributed by atoms with Crippen LogP contribution in [0.1, 0.15) is 37.2 Å². The first-order chi connectivity index (χ1) is 17.2. The molecule has 2 fully saturated rings. The minimum atomic E-state index is -3.09. The van der Waals surface area contributed by atoms with E-state index in [0.717, 1.165) is 0 Å². The predicted octanol–water partition coefficient (Wildman–Crippen LogP) is 3.38. The molecule has 4 heterocycles. The molecule has 0 spiro atoms. The molecular weight excluding hydrogens is 492 g/mol. The highest BCUT2D eigenvalue weighted by Gasteiger charge is 2.29. The quantitative estimate of drug-likeness (QED) is 0.503. The smallest absolute Gasteiger partial charge is 0.240 e. The highest BCUT2D eigenvalue weighted by Crippen LogP contribution is 2.35. The van der Waals surface area contributed by atoms with Crippen molar-refractivity contribution in [1.29, 1.82) is 0 Å². The molecule has 2 aliphatic heterocycles. The standard InChI is InChI=1S/C24H27F2N5O4S/c1-14(25)17-4-3-5-18(21(17)26)15(2)29-22-19-10-20(31-6-8-36(32,33)9-7-31)24(35-16-11-34-12-16)30-23(19)28-13-27-22/h3-5,10,13-16H,6-9,11-12H2,1-2H3,(H,27,28,29,30)/t14?,15-/m1/s1. The monoisotopic (exact) mass is 519 g/mol. The van der Waals surface area contributed by atoms with Gasteiger partial charge >= 0.3 is 0 Å². The fourth-order valence-electron chi connectivity index (χ4n) is 4.27. The fourth-order valence-corrected chi connectivity index (χ4v) is 5.48. The number of anilines is 2. The average molecular weight is 520 g/mol. The van der Waals surface area contributed by atoms with Crippen LogP contribution in [0.2, 0.25) is 0 Å². The van der Waals surface area contributed by atoms with Gasteiger partial charge in [-0.25, -0.2) is 27.2 Å². The van der Waals surface area contributed by atoms with E-state index >= 15 is 0 Å². The lowest BCUT2D eigenvalue weighted by Gasteiger charge is -2.32.